The molecule has 0 bridgehead atoms. The number of non-ortho nitro benzene ring substituents is 1. The van der Waals surface area contributed by atoms with Crippen molar-refractivity contribution in [1.29, 1.82) is 0 Å². The molecule has 19 heavy (non-hydrogen) atoms. The van der Waals surface area contributed by atoms with Gasteiger partial charge in [0, 0.05) is 18.7 Å². The second-order valence-electron chi connectivity index (χ2n) is 5.02. The van der Waals surface area contributed by atoms with Crippen molar-refractivity contribution in [2.24, 2.45) is 0 Å². The molecule has 1 heterocycles. The van der Waals surface area contributed by atoms with E-state index in [-0.39, 0.29) is 22.4 Å². The number of nitro benzene ring substituents is 1. The largest absolute Gasteiger partial charge is 0.298 e. The normalized spacial score (nSPS) is 20.2. The minimum absolute atomic E-state index is 0.0342. The minimum Gasteiger partial charge on any atom is -0.298 e. The van der Waals surface area contributed by atoms with Crippen molar-refractivity contribution in [3.63, 3.8) is 0 Å². The van der Waals surface area contributed by atoms with Gasteiger partial charge in [0.25, 0.3) is 5.69 Å². The number of hydrogen-bond acceptors (Lipinski definition) is 4. The van der Waals surface area contributed by atoms with Gasteiger partial charge in [0.2, 0.25) is 0 Å². The number of piperidine rings is 1. The van der Waals surface area contributed by atoms with Gasteiger partial charge in [-0.3, -0.25) is 19.8 Å². The molecule has 1 saturated heterocycles. The number of carbonyl (C=O) groups excluding carboxylic acids is 1. The van der Waals surface area contributed by atoms with E-state index in [1.807, 2.05) is 6.07 Å². The van der Waals surface area contributed by atoms with Crippen LogP contribution in [0.25, 0.3) is 0 Å². The third-order valence-corrected chi connectivity index (χ3v) is 3.59. The molecule has 0 aliphatic carbocycles. The Hall–Kier alpha value is -1.75. The molecule has 1 aromatic rings. The fourth-order valence-electron chi connectivity index (χ4n) is 2.64. The Morgan fingerprint density at radius 2 is 2.26 bits per heavy atom. The van der Waals surface area contributed by atoms with Crippen LogP contribution in [-0.4, -0.2) is 28.2 Å². The van der Waals surface area contributed by atoms with Crippen molar-refractivity contribution in [1.82, 2.24) is 4.90 Å². The molecule has 0 radical (unpaired) electrons. The standard InChI is InChI=1S/C14H18N2O3/c1-11(17)14-7-2-3-8-15(14)10-12-5-4-6-13(9-12)16(18)19/h4-6,9,14H,2-3,7-8,10H2,1H3. The van der Waals surface area contributed by atoms with Crippen molar-refractivity contribution >= 4 is 11.5 Å². The molecular formula is C14H18N2O3. The number of carbonyl (C=O) groups is 1. The van der Waals surface area contributed by atoms with E-state index in [1.165, 1.54) is 6.07 Å². The van der Waals surface area contributed by atoms with Crippen molar-refractivity contribution in [3.8, 4) is 0 Å². The summed E-state index contributed by atoms with van der Waals surface area (Å²) in [4.78, 5) is 24.1. The van der Waals surface area contributed by atoms with Gasteiger partial charge in [-0.2, -0.15) is 0 Å². The van der Waals surface area contributed by atoms with Crippen LogP contribution in [0.1, 0.15) is 31.7 Å². The minimum atomic E-state index is -0.387. The average Bonchev–Trinajstić information content (AvgIpc) is 2.39. The fraction of sp³-hybridized carbons (Fsp3) is 0.500. The Morgan fingerprint density at radius 1 is 1.47 bits per heavy atom. The van der Waals surface area contributed by atoms with E-state index in [1.54, 1.807) is 19.1 Å². The molecule has 2 rings (SSSR count). The van der Waals surface area contributed by atoms with Crippen LogP contribution in [0.4, 0.5) is 5.69 Å². The summed E-state index contributed by atoms with van der Waals surface area (Å²) in [5, 5.41) is 10.8. The molecule has 1 aliphatic heterocycles. The smallest absolute Gasteiger partial charge is 0.269 e. The average molecular weight is 262 g/mol. The molecule has 0 aromatic heterocycles. The summed E-state index contributed by atoms with van der Waals surface area (Å²) < 4.78 is 0. The van der Waals surface area contributed by atoms with Crippen LogP contribution in [0.5, 0.6) is 0 Å². The highest BCUT2D eigenvalue weighted by Crippen LogP contribution is 2.22. The van der Waals surface area contributed by atoms with Gasteiger partial charge in [0.15, 0.2) is 0 Å². The predicted molar refractivity (Wildman–Crippen MR) is 71.8 cm³/mol. The van der Waals surface area contributed by atoms with E-state index in [4.69, 9.17) is 0 Å². The SMILES string of the molecule is CC(=O)C1CCCCN1Cc1cccc([N+](=O)[O-])c1. The molecule has 1 aliphatic rings. The number of nitrogens with zero attached hydrogens (tertiary/aromatic N) is 2. The van der Waals surface area contributed by atoms with Crippen LogP contribution < -0.4 is 0 Å². The molecule has 0 saturated carbocycles. The van der Waals surface area contributed by atoms with E-state index in [0.29, 0.717) is 6.54 Å². The number of benzene rings is 1. The first kappa shape index (κ1) is 13.7. The summed E-state index contributed by atoms with van der Waals surface area (Å²) in [6.07, 6.45) is 3.05. The van der Waals surface area contributed by atoms with Crippen molar-refractivity contribution in [3.05, 3.63) is 39.9 Å². The summed E-state index contributed by atoms with van der Waals surface area (Å²) in [5.41, 5.74) is 0.997. The van der Waals surface area contributed by atoms with Gasteiger partial charge in [0.05, 0.1) is 11.0 Å². The monoisotopic (exact) mass is 262 g/mol. The quantitative estimate of drug-likeness (QED) is 0.618. The van der Waals surface area contributed by atoms with Crippen LogP contribution in [-0.2, 0) is 11.3 Å². The van der Waals surface area contributed by atoms with Gasteiger partial charge in [0.1, 0.15) is 5.78 Å². The summed E-state index contributed by atoms with van der Waals surface area (Å²) in [6, 6.07) is 6.61. The molecule has 5 nitrogen and oxygen atoms in total. The number of ketones is 1. The first-order valence-electron chi connectivity index (χ1n) is 6.56. The first-order chi connectivity index (χ1) is 9.08. The molecular weight excluding hydrogens is 244 g/mol. The van der Waals surface area contributed by atoms with E-state index in [2.05, 4.69) is 4.90 Å². The Balaban J connectivity index is 2.12. The van der Waals surface area contributed by atoms with Crippen molar-refractivity contribution < 1.29 is 9.72 Å². The Kier molecular flexibility index (Phi) is 4.27. The highest BCUT2D eigenvalue weighted by atomic mass is 16.6. The van der Waals surface area contributed by atoms with Gasteiger partial charge in [-0.05, 0) is 31.9 Å². The molecule has 102 valence electrons. The molecule has 0 amide bonds. The third-order valence-electron chi connectivity index (χ3n) is 3.59. The van der Waals surface area contributed by atoms with Crippen LogP contribution in [0, 0.1) is 10.1 Å². The lowest BCUT2D eigenvalue weighted by Gasteiger charge is -2.34. The highest BCUT2D eigenvalue weighted by molar-refractivity contribution is 5.81. The van der Waals surface area contributed by atoms with Gasteiger partial charge >= 0.3 is 0 Å². The zero-order valence-electron chi connectivity index (χ0n) is 11.0. The summed E-state index contributed by atoms with van der Waals surface area (Å²) >= 11 is 0. The number of rotatable bonds is 4. The zero-order valence-corrected chi connectivity index (χ0v) is 11.0. The number of hydrogen-bond donors (Lipinski definition) is 0. The molecule has 5 heteroatoms. The number of Topliss-reactive ketones (excluding diaryl/α,β-unsaturated/α-hetero) is 1. The van der Waals surface area contributed by atoms with Crippen LogP contribution in [0.2, 0.25) is 0 Å². The zero-order chi connectivity index (χ0) is 13.8. The van der Waals surface area contributed by atoms with Crippen LogP contribution in [0.15, 0.2) is 24.3 Å². The van der Waals surface area contributed by atoms with Crippen molar-refractivity contribution in [2.45, 2.75) is 38.8 Å². The molecule has 0 N–H and O–H groups in total. The summed E-state index contributed by atoms with van der Waals surface area (Å²) in [7, 11) is 0. The lowest BCUT2D eigenvalue weighted by atomic mass is 9.98. The van der Waals surface area contributed by atoms with Crippen LogP contribution >= 0.6 is 0 Å². The summed E-state index contributed by atoms with van der Waals surface area (Å²) in [6.45, 7) is 3.11. The topological polar surface area (TPSA) is 63.5 Å². The lowest BCUT2D eigenvalue weighted by Crippen LogP contribution is -2.43. The third kappa shape index (κ3) is 3.38. The lowest BCUT2D eigenvalue weighted by molar-refractivity contribution is -0.384. The molecule has 1 aromatic carbocycles. The van der Waals surface area contributed by atoms with E-state index < -0.39 is 0 Å². The van der Waals surface area contributed by atoms with Crippen LogP contribution in [0.3, 0.4) is 0 Å². The molecule has 0 spiro atoms. The predicted octanol–water partition coefficient (Wildman–Crippen LogP) is 2.54. The second-order valence-corrected chi connectivity index (χ2v) is 5.02. The second kappa shape index (κ2) is 5.93. The Bertz CT molecular complexity index is 487. The fourth-order valence-corrected chi connectivity index (χ4v) is 2.64. The summed E-state index contributed by atoms with van der Waals surface area (Å²) in [5.74, 6) is 0.185. The Labute approximate surface area is 112 Å². The van der Waals surface area contributed by atoms with Gasteiger partial charge in [-0.15, -0.1) is 0 Å². The van der Waals surface area contributed by atoms with E-state index in [9.17, 15) is 14.9 Å². The number of nitro groups is 1. The molecule has 1 unspecified atom stereocenters. The van der Waals surface area contributed by atoms with Gasteiger partial charge in [-0.25, -0.2) is 0 Å². The number of likely N-dealkylation sites (tertiary alicyclic amines) is 1. The maximum absolute atomic E-state index is 11.6. The van der Waals surface area contributed by atoms with E-state index >= 15 is 0 Å². The van der Waals surface area contributed by atoms with E-state index in [0.717, 1.165) is 31.4 Å². The van der Waals surface area contributed by atoms with Gasteiger partial charge in [-0.1, -0.05) is 18.6 Å². The molecule has 1 fully saturated rings. The molecule has 1 atom stereocenters. The van der Waals surface area contributed by atoms with Gasteiger partial charge < -0.3 is 0 Å². The first-order valence-corrected chi connectivity index (χ1v) is 6.56. The maximum atomic E-state index is 11.6. The maximum Gasteiger partial charge on any atom is 0.269 e. The van der Waals surface area contributed by atoms with Crippen molar-refractivity contribution in [2.75, 3.05) is 6.54 Å². The highest BCUT2D eigenvalue weighted by Gasteiger charge is 2.26. The Morgan fingerprint density at radius 3 is 2.95 bits per heavy atom.